The van der Waals surface area contributed by atoms with E-state index in [9.17, 15) is 4.39 Å². The molecule has 14 heavy (non-hydrogen) atoms. The number of hydrogen-bond donors (Lipinski definition) is 0. The van der Waals surface area contributed by atoms with Crippen LogP contribution in [0.5, 0.6) is 0 Å². The Morgan fingerprint density at radius 3 is 2.29 bits per heavy atom. The third-order valence-electron chi connectivity index (χ3n) is 2.92. The molecule has 0 radical (unpaired) electrons. The minimum atomic E-state index is -0.911. The van der Waals surface area contributed by atoms with Gasteiger partial charge in [-0.05, 0) is 30.3 Å². The first kappa shape index (κ1) is 11.8. The number of unbranched alkanes of at least 4 members (excludes halogenated alkanes) is 2. The van der Waals surface area contributed by atoms with E-state index in [2.05, 4.69) is 25.5 Å². The molecule has 0 aliphatic carbocycles. The van der Waals surface area contributed by atoms with E-state index in [0.717, 1.165) is 11.3 Å². The van der Waals surface area contributed by atoms with Gasteiger partial charge in [-0.25, -0.2) is 4.39 Å². The highest BCUT2D eigenvalue weighted by atomic mass is 32.3. The van der Waals surface area contributed by atoms with Crippen LogP contribution in [0.1, 0.15) is 32.6 Å². The topological polar surface area (TPSA) is 0 Å². The highest BCUT2D eigenvalue weighted by Crippen LogP contribution is 2.60. The lowest BCUT2D eigenvalue weighted by Gasteiger charge is -2.32. The Morgan fingerprint density at radius 2 is 1.79 bits per heavy atom. The van der Waals surface area contributed by atoms with Crippen molar-refractivity contribution in [3.05, 3.63) is 22.0 Å². The fourth-order valence-corrected chi connectivity index (χ4v) is 3.84. The molecule has 0 bridgehead atoms. The van der Waals surface area contributed by atoms with E-state index in [1.54, 1.807) is 0 Å². The number of allylic oxidation sites excluding steroid dienone is 4. The Morgan fingerprint density at radius 1 is 1.14 bits per heavy atom. The number of rotatable bonds is 5. The number of halogens is 1. The van der Waals surface area contributed by atoms with Gasteiger partial charge in [-0.15, -0.1) is 0 Å². The normalized spacial score (nSPS) is 21.7. The van der Waals surface area contributed by atoms with Crippen molar-refractivity contribution >= 4 is 10.0 Å². The summed E-state index contributed by atoms with van der Waals surface area (Å²) in [4.78, 5) is 2.50. The SMILES string of the molecule is CCCCCC1=CC=C(CF)S1(C)C. The summed E-state index contributed by atoms with van der Waals surface area (Å²) in [5.74, 6) is 0. The van der Waals surface area contributed by atoms with Crippen molar-refractivity contribution in [2.75, 3.05) is 19.2 Å². The van der Waals surface area contributed by atoms with Gasteiger partial charge in [-0.1, -0.05) is 31.9 Å². The molecule has 0 nitrogen and oxygen atoms in total. The molecular weight excluding hydrogens is 195 g/mol. The molecule has 0 saturated carbocycles. The van der Waals surface area contributed by atoms with Crippen LogP contribution in [0.25, 0.3) is 0 Å². The summed E-state index contributed by atoms with van der Waals surface area (Å²) in [5, 5.41) is 0. The quantitative estimate of drug-likeness (QED) is 0.598. The summed E-state index contributed by atoms with van der Waals surface area (Å²) < 4.78 is 12.7. The highest BCUT2D eigenvalue weighted by molar-refractivity contribution is 8.39. The van der Waals surface area contributed by atoms with Crippen LogP contribution in [0.3, 0.4) is 0 Å². The van der Waals surface area contributed by atoms with E-state index in [0.29, 0.717) is 0 Å². The van der Waals surface area contributed by atoms with Crippen LogP contribution in [-0.2, 0) is 0 Å². The van der Waals surface area contributed by atoms with Gasteiger partial charge in [0.05, 0.1) is 0 Å². The van der Waals surface area contributed by atoms with Crippen molar-refractivity contribution in [3.63, 3.8) is 0 Å². The Hall–Kier alpha value is -0.240. The number of hydrogen-bond acceptors (Lipinski definition) is 0. The molecule has 1 heterocycles. The maximum Gasteiger partial charge on any atom is 0.119 e. The van der Waals surface area contributed by atoms with Crippen LogP contribution in [0.2, 0.25) is 0 Å². The summed E-state index contributed by atoms with van der Waals surface area (Å²) in [5.41, 5.74) is 0. The molecule has 1 aliphatic rings. The lowest BCUT2D eigenvalue weighted by Crippen LogP contribution is -2.00. The largest absolute Gasteiger partial charge is 0.245 e. The van der Waals surface area contributed by atoms with Gasteiger partial charge >= 0.3 is 0 Å². The zero-order chi connectivity index (χ0) is 10.6. The maximum absolute atomic E-state index is 12.7. The van der Waals surface area contributed by atoms with Gasteiger partial charge in [0.1, 0.15) is 6.67 Å². The predicted molar refractivity (Wildman–Crippen MR) is 65.7 cm³/mol. The van der Waals surface area contributed by atoms with Crippen LogP contribution in [0.15, 0.2) is 22.0 Å². The molecule has 0 aromatic carbocycles. The van der Waals surface area contributed by atoms with Crippen LogP contribution < -0.4 is 0 Å². The molecule has 0 aromatic rings. The second kappa shape index (κ2) is 5.01. The van der Waals surface area contributed by atoms with E-state index in [1.807, 2.05) is 6.08 Å². The molecule has 0 saturated heterocycles. The summed E-state index contributed by atoms with van der Waals surface area (Å²) >= 11 is 0. The Balaban J connectivity index is 2.51. The molecule has 0 amide bonds. The van der Waals surface area contributed by atoms with Gasteiger partial charge in [-0.3, -0.25) is 0 Å². The van der Waals surface area contributed by atoms with E-state index < -0.39 is 10.0 Å². The van der Waals surface area contributed by atoms with Gasteiger partial charge < -0.3 is 0 Å². The van der Waals surface area contributed by atoms with Crippen molar-refractivity contribution in [1.29, 1.82) is 0 Å². The van der Waals surface area contributed by atoms with Crippen LogP contribution in [0, 0.1) is 0 Å². The van der Waals surface area contributed by atoms with Gasteiger partial charge in [0.15, 0.2) is 0 Å². The summed E-state index contributed by atoms with van der Waals surface area (Å²) in [6, 6.07) is 0. The van der Waals surface area contributed by atoms with E-state index in [1.165, 1.54) is 24.2 Å². The first-order valence-electron chi connectivity index (χ1n) is 5.32. The molecule has 1 aliphatic heterocycles. The van der Waals surface area contributed by atoms with Crippen molar-refractivity contribution in [1.82, 2.24) is 0 Å². The van der Waals surface area contributed by atoms with Gasteiger partial charge in [-0.2, -0.15) is 10.0 Å². The Bertz CT molecular complexity index is 251. The number of alkyl halides is 1. The van der Waals surface area contributed by atoms with E-state index in [-0.39, 0.29) is 6.67 Å². The lowest BCUT2D eigenvalue weighted by atomic mass is 10.2. The van der Waals surface area contributed by atoms with Gasteiger partial charge in [0.25, 0.3) is 0 Å². The molecule has 82 valence electrons. The second-order valence-corrected chi connectivity index (χ2v) is 7.89. The van der Waals surface area contributed by atoms with Gasteiger partial charge in [0.2, 0.25) is 0 Å². The lowest BCUT2D eigenvalue weighted by molar-refractivity contribution is 0.556. The van der Waals surface area contributed by atoms with Crippen LogP contribution in [-0.4, -0.2) is 19.2 Å². The third-order valence-corrected chi connectivity index (χ3v) is 6.13. The minimum Gasteiger partial charge on any atom is -0.245 e. The van der Waals surface area contributed by atoms with Crippen molar-refractivity contribution in [3.8, 4) is 0 Å². The molecule has 0 N–H and O–H groups in total. The molecule has 0 atom stereocenters. The van der Waals surface area contributed by atoms with Crippen LogP contribution in [0.4, 0.5) is 4.39 Å². The van der Waals surface area contributed by atoms with Crippen LogP contribution >= 0.6 is 10.0 Å². The molecular formula is C12H21FS. The standard InChI is InChI=1S/C12H21FS/c1-4-5-6-7-11-8-9-12(10-13)14(11,2)3/h8-9H,4-7,10H2,1-3H3. The minimum absolute atomic E-state index is 0.268. The zero-order valence-corrected chi connectivity index (χ0v) is 10.3. The average molecular weight is 216 g/mol. The predicted octanol–water partition coefficient (Wildman–Crippen LogP) is 4.38. The fraction of sp³-hybridized carbons (Fsp3) is 0.667. The van der Waals surface area contributed by atoms with Gasteiger partial charge in [0, 0.05) is 4.91 Å². The average Bonchev–Trinajstić information content (AvgIpc) is 2.42. The first-order chi connectivity index (χ1) is 6.62. The van der Waals surface area contributed by atoms with Crippen molar-refractivity contribution in [2.45, 2.75) is 32.6 Å². The monoisotopic (exact) mass is 216 g/mol. The fourth-order valence-electron chi connectivity index (χ4n) is 1.76. The Labute approximate surface area is 88.6 Å². The van der Waals surface area contributed by atoms with Crippen molar-refractivity contribution in [2.24, 2.45) is 0 Å². The first-order valence-corrected chi connectivity index (χ1v) is 7.77. The molecule has 2 heteroatoms. The smallest absolute Gasteiger partial charge is 0.119 e. The summed E-state index contributed by atoms with van der Waals surface area (Å²) in [6.07, 6.45) is 13.5. The highest BCUT2D eigenvalue weighted by Gasteiger charge is 2.25. The Kier molecular flexibility index (Phi) is 4.24. The van der Waals surface area contributed by atoms with Crippen molar-refractivity contribution < 1.29 is 4.39 Å². The third kappa shape index (κ3) is 2.41. The van der Waals surface area contributed by atoms with E-state index >= 15 is 0 Å². The molecule has 0 fully saturated rings. The molecule has 0 unspecified atom stereocenters. The molecule has 0 aromatic heterocycles. The molecule has 0 spiro atoms. The zero-order valence-electron chi connectivity index (χ0n) is 9.48. The summed E-state index contributed by atoms with van der Waals surface area (Å²) in [6.45, 7) is 1.95. The summed E-state index contributed by atoms with van der Waals surface area (Å²) in [7, 11) is -0.911. The maximum atomic E-state index is 12.7. The van der Waals surface area contributed by atoms with E-state index in [4.69, 9.17) is 0 Å². The second-order valence-electron chi connectivity index (χ2n) is 4.18. The molecule has 1 rings (SSSR count).